The second-order valence-electron chi connectivity index (χ2n) is 3.33. The summed E-state index contributed by atoms with van der Waals surface area (Å²) in [6.07, 6.45) is 4.35. The van der Waals surface area contributed by atoms with Crippen LogP contribution < -0.4 is 11.1 Å². The molecular weight excluding hydrogens is 220 g/mol. The zero-order chi connectivity index (χ0) is 12.3. The van der Waals surface area contributed by atoms with E-state index in [1.54, 1.807) is 13.0 Å². The number of nitrogen functional groups attached to an aromatic ring is 1. The van der Waals surface area contributed by atoms with Gasteiger partial charge in [0, 0.05) is 5.69 Å². The minimum Gasteiger partial charge on any atom is -0.368 e. The van der Waals surface area contributed by atoms with Gasteiger partial charge in [-0.15, -0.1) is 0 Å². The molecule has 0 atom stereocenters. The van der Waals surface area contributed by atoms with Crippen molar-refractivity contribution < 1.29 is 4.79 Å². The van der Waals surface area contributed by atoms with E-state index < -0.39 is 0 Å². The lowest BCUT2D eigenvalue weighted by atomic mass is 10.3. The Morgan fingerprint density at radius 3 is 2.65 bits per heavy atom. The molecule has 0 aromatic carbocycles. The first kappa shape index (κ1) is 10.9. The van der Waals surface area contributed by atoms with Gasteiger partial charge >= 0.3 is 0 Å². The lowest BCUT2D eigenvalue weighted by molar-refractivity contribution is 0.102. The van der Waals surface area contributed by atoms with Gasteiger partial charge < -0.3 is 11.1 Å². The molecule has 0 aliphatic carbocycles. The first-order chi connectivity index (χ1) is 8.15. The van der Waals surface area contributed by atoms with E-state index in [1.165, 1.54) is 18.7 Å². The maximum atomic E-state index is 11.8. The van der Waals surface area contributed by atoms with Crippen molar-refractivity contribution in [2.24, 2.45) is 0 Å². The predicted molar refractivity (Wildman–Crippen MR) is 61.2 cm³/mol. The van der Waals surface area contributed by atoms with Gasteiger partial charge in [0.15, 0.2) is 0 Å². The summed E-state index contributed by atoms with van der Waals surface area (Å²) < 4.78 is 0. The van der Waals surface area contributed by atoms with E-state index in [0.29, 0.717) is 11.4 Å². The van der Waals surface area contributed by atoms with Gasteiger partial charge in [0.05, 0.1) is 18.1 Å². The van der Waals surface area contributed by atoms with E-state index in [9.17, 15) is 4.79 Å². The molecule has 86 valence electrons. The quantitative estimate of drug-likeness (QED) is 0.773. The number of hydrogen-bond acceptors (Lipinski definition) is 6. The van der Waals surface area contributed by atoms with Gasteiger partial charge in [0.1, 0.15) is 12.0 Å². The lowest BCUT2D eigenvalue weighted by Crippen LogP contribution is -2.15. The average Bonchev–Trinajstić information content (AvgIpc) is 2.29. The molecule has 2 rings (SSSR count). The fourth-order valence-corrected chi connectivity index (χ4v) is 1.27. The average molecular weight is 230 g/mol. The summed E-state index contributed by atoms with van der Waals surface area (Å²) in [6, 6.07) is 1.55. The molecule has 17 heavy (non-hydrogen) atoms. The fourth-order valence-electron chi connectivity index (χ4n) is 1.27. The molecule has 3 N–H and O–H groups in total. The molecule has 0 radical (unpaired) electrons. The number of aryl methyl sites for hydroxylation is 1. The van der Waals surface area contributed by atoms with Crippen LogP contribution in [-0.4, -0.2) is 25.8 Å². The Morgan fingerprint density at radius 1 is 1.29 bits per heavy atom. The van der Waals surface area contributed by atoms with Crippen molar-refractivity contribution in [3.05, 3.63) is 36.2 Å². The van der Waals surface area contributed by atoms with E-state index in [4.69, 9.17) is 5.73 Å². The highest BCUT2D eigenvalue weighted by Crippen LogP contribution is 2.06. The molecule has 0 aliphatic rings. The van der Waals surface area contributed by atoms with Gasteiger partial charge in [-0.2, -0.15) is 0 Å². The number of aromatic nitrogens is 4. The first-order valence-corrected chi connectivity index (χ1v) is 4.82. The third-order valence-corrected chi connectivity index (χ3v) is 1.92. The van der Waals surface area contributed by atoms with E-state index >= 15 is 0 Å². The second kappa shape index (κ2) is 4.52. The highest BCUT2D eigenvalue weighted by atomic mass is 16.1. The minimum atomic E-state index is -0.378. The summed E-state index contributed by atoms with van der Waals surface area (Å²) in [4.78, 5) is 27.1. The summed E-state index contributed by atoms with van der Waals surface area (Å²) in [5, 5.41) is 2.60. The smallest absolute Gasteiger partial charge is 0.274 e. The summed E-state index contributed by atoms with van der Waals surface area (Å²) >= 11 is 0. The third kappa shape index (κ3) is 2.71. The van der Waals surface area contributed by atoms with Crippen molar-refractivity contribution in [2.75, 3.05) is 11.1 Å². The van der Waals surface area contributed by atoms with E-state index in [1.807, 2.05) is 0 Å². The predicted octanol–water partition coefficient (Wildman–Crippen LogP) is 0.410. The number of anilines is 2. The standard InChI is InChI=1S/C10H10N6O/c1-6-2-8(16-10(11)14-6)9(17)15-7-3-12-5-13-4-7/h2-5H,1H3,(H,15,17)(H2,11,14,16). The fraction of sp³-hybridized carbons (Fsp3) is 0.100. The molecule has 2 aromatic rings. The first-order valence-electron chi connectivity index (χ1n) is 4.82. The van der Waals surface area contributed by atoms with Crippen molar-refractivity contribution in [3.8, 4) is 0 Å². The molecule has 0 aliphatic heterocycles. The Hall–Kier alpha value is -2.57. The maximum absolute atomic E-state index is 11.8. The van der Waals surface area contributed by atoms with Crippen LogP contribution in [0.4, 0.5) is 11.6 Å². The monoisotopic (exact) mass is 230 g/mol. The highest BCUT2D eigenvalue weighted by molar-refractivity contribution is 6.02. The highest BCUT2D eigenvalue weighted by Gasteiger charge is 2.09. The van der Waals surface area contributed by atoms with Gasteiger partial charge in [-0.05, 0) is 13.0 Å². The summed E-state index contributed by atoms with van der Waals surface area (Å²) in [5.74, 6) is -0.309. The summed E-state index contributed by atoms with van der Waals surface area (Å²) in [6.45, 7) is 1.74. The van der Waals surface area contributed by atoms with Crippen LogP contribution in [0.3, 0.4) is 0 Å². The molecular formula is C10H10N6O. The van der Waals surface area contributed by atoms with Crippen LogP contribution in [0.1, 0.15) is 16.2 Å². The molecule has 0 fully saturated rings. The molecule has 0 unspecified atom stereocenters. The molecule has 0 spiro atoms. The largest absolute Gasteiger partial charge is 0.368 e. The normalized spacial score (nSPS) is 9.94. The summed E-state index contributed by atoms with van der Waals surface area (Å²) in [7, 11) is 0. The van der Waals surface area contributed by atoms with Crippen molar-refractivity contribution >= 4 is 17.5 Å². The maximum Gasteiger partial charge on any atom is 0.274 e. The van der Waals surface area contributed by atoms with Crippen molar-refractivity contribution in [3.63, 3.8) is 0 Å². The second-order valence-corrected chi connectivity index (χ2v) is 3.33. The number of nitrogens with zero attached hydrogens (tertiary/aromatic N) is 4. The SMILES string of the molecule is Cc1cc(C(=O)Nc2cncnc2)nc(N)n1. The van der Waals surface area contributed by atoms with Gasteiger partial charge in [0.25, 0.3) is 5.91 Å². The van der Waals surface area contributed by atoms with Crippen LogP contribution in [0.2, 0.25) is 0 Å². The van der Waals surface area contributed by atoms with Crippen molar-refractivity contribution in [2.45, 2.75) is 6.92 Å². The number of rotatable bonds is 2. The van der Waals surface area contributed by atoms with E-state index in [0.717, 1.165) is 0 Å². The van der Waals surface area contributed by atoms with Crippen LogP contribution in [0.5, 0.6) is 0 Å². The zero-order valence-corrected chi connectivity index (χ0v) is 9.08. The van der Waals surface area contributed by atoms with Crippen LogP contribution in [-0.2, 0) is 0 Å². The van der Waals surface area contributed by atoms with Crippen LogP contribution in [0.25, 0.3) is 0 Å². The van der Waals surface area contributed by atoms with Crippen LogP contribution in [0.15, 0.2) is 24.8 Å². The molecule has 7 heteroatoms. The summed E-state index contributed by atoms with van der Waals surface area (Å²) in [5.41, 5.74) is 6.80. The Bertz CT molecular complexity index is 521. The third-order valence-electron chi connectivity index (χ3n) is 1.92. The molecule has 0 saturated carbocycles. The zero-order valence-electron chi connectivity index (χ0n) is 9.08. The Labute approximate surface area is 97.1 Å². The van der Waals surface area contributed by atoms with Gasteiger partial charge in [-0.25, -0.2) is 19.9 Å². The number of carbonyl (C=O) groups excluding carboxylic acids is 1. The van der Waals surface area contributed by atoms with Crippen molar-refractivity contribution in [1.29, 1.82) is 0 Å². The number of amides is 1. The van der Waals surface area contributed by atoms with Gasteiger partial charge in [-0.3, -0.25) is 4.79 Å². The minimum absolute atomic E-state index is 0.0689. The molecule has 0 bridgehead atoms. The van der Waals surface area contributed by atoms with Crippen LogP contribution >= 0.6 is 0 Å². The van der Waals surface area contributed by atoms with E-state index in [-0.39, 0.29) is 17.5 Å². The number of nitrogens with two attached hydrogens (primary N) is 1. The van der Waals surface area contributed by atoms with E-state index in [2.05, 4.69) is 25.3 Å². The van der Waals surface area contributed by atoms with Crippen molar-refractivity contribution in [1.82, 2.24) is 19.9 Å². The Balaban J connectivity index is 2.20. The van der Waals surface area contributed by atoms with Gasteiger partial charge in [-0.1, -0.05) is 0 Å². The lowest BCUT2D eigenvalue weighted by Gasteiger charge is -2.04. The number of nitrogens with one attached hydrogen (secondary N) is 1. The van der Waals surface area contributed by atoms with Gasteiger partial charge in [0.2, 0.25) is 5.95 Å². The molecule has 0 saturated heterocycles. The topological polar surface area (TPSA) is 107 Å². The number of hydrogen-bond donors (Lipinski definition) is 2. The Morgan fingerprint density at radius 2 is 2.00 bits per heavy atom. The van der Waals surface area contributed by atoms with Crippen LogP contribution in [0, 0.1) is 6.92 Å². The Kier molecular flexibility index (Phi) is 2.91. The molecule has 7 nitrogen and oxygen atoms in total. The number of carbonyl (C=O) groups is 1. The molecule has 2 aromatic heterocycles. The molecule has 2 heterocycles. The molecule has 1 amide bonds.